The van der Waals surface area contributed by atoms with Gasteiger partial charge in [0.1, 0.15) is 6.17 Å². The van der Waals surface area contributed by atoms with E-state index < -0.39 is 0 Å². The van der Waals surface area contributed by atoms with Crippen molar-refractivity contribution in [1.82, 2.24) is 4.90 Å². The number of para-hydroxylation sites is 1. The zero-order valence-electron chi connectivity index (χ0n) is 10.7. The smallest absolute Gasteiger partial charge is 0.231 e. The van der Waals surface area contributed by atoms with E-state index in [4.69, 9.17) is 0 Å². The molecule has 0 aromatic heterocycles. The zero-order valence-corrected chi connectivity index (χ0v) is 10.7. The molecular formula is C14H18N2O2. The van der Waals surface area contributed by atoms with Crippen LogP contribution in [0.5, 0.6) is 0 Å². The molecule has 1 N–H and O–H groups in total. The van der Waals surface area contributed by atoms with E-state index >= 15 is 0 Å². The van der Waals surface area contributed by atoms with Gasteiger partial charge in [-0.1, -0.05) is 32.0 Å². The molecule has 1 aromatic rings. The second-order valence-electron chi connectivity index (χ2n) is 4.86. The Hall–Kier alpha value is -1.84. The maximum atomic E-state index is 11.8. The van der Waals surface area contributed by atoms with E-state index in [-0.39, 0.29) is 23.9 Å². The molecule has 2 rings (SSSR count). The molecule has 0 unspecified atom stereocenters. The average Bonchev–Trinajstić information content (AvgIpc) is 2.67. The molecule has 1 aromatic carbocycles. The number of carbonyl (C=O) groups excluding carboxylic acids is 2. The van der Waals surface area contributed by atoms with Crippen LogP contribution in [0.3, 0.4) is 0 Å². The first-order valence-electron chi connectivity index (χ1n) is 6.26. The normalized spacial score (nSPS) is 17.4. The number of hydrogen-bond donors (Lipinski definition) is 1. The maximum absolute atomic E-state index is 11.8. The van der Waals surface area contributed by atoms with Crippen LogP contribution >= 0.6 is 0 Å². The summed E-state index contributed by atoms with van der Waals surface area (Å²) in [7, 11) is 0. The summed E-state index contributed by atoms with van der Waals surface area (Å²) < 4.78 is 0. The average molecular weight is 246 g/mol. The largest absolute Gasteiger partial charge is 0.365 e. The molecule has 1 atom stereocenters. The molecule has 1 fully saturated rings. The molecule has 0 spiro atoms. The molecule has 4 nitrogen and oxygen atoms in total. The fourth-order valence-corrected chi connectivity index (χ4v) is 2.14. The Bertz CT molecular complexity index is 426. The van der Waals surface area contributed by atoms with Crippen molar-refractivity contribution in [2.24, 2.45) is 5.92 Å². The summed E-state index contributed by atoms with van der Waals surface area (Å²) >= 11 is 0. The van der Waals surface area contributed by atoms with Gasteiger partial charge in [-0.2, -0.15) is 0 Å². The van der Waals surface area contributed by atoms with Crippen molar-refractivity contribution in [2.75, 3.05) is 5.32 Å². The lowest BCUT2D eigenvalue weighted by Gasteiger charge is -2.31. The van der Waals surface area contributed by atoms with Crippen LogP contribution in [0.2, 0.25) is 0 Å². The molecule has 0 saturated carbocycles. The quantitative estimate of drug-likeness (QED) is 0.829. The SMILES string of the molecule is CC(C)[C@@H](Nc1ccccc1)N1C(=O)CCC1=O. The van der Waals surface area contributed by atoms with Crippen LogP contribution in [0.1, 0.15) is 26.7 Å². The van der Waals surface area contributed by atoms with E-state index in [2.05, 4.69) is 5.32 Å². The lowest BCUT2D eigenvalue weighted by molar-refractivity contribution is -0.141. The Morgan fingerprint density at radius 2 is 1.61 bits per heavy atom. The summed E-state index contributed by atoms with van der Waals surface area (Å²) in [6.07, 6.45) is 0.395. The van der Waals surface area contributed by atoms with Crippen LogP contribution in [0, 0.1) is 5.92 Å². The van der Waals surface area contributed by atoms with Crippen molar-refractivity contribution >= 4 is 17.5 Å². The summed E-state index contributed by atoms with van der Waals surface area (Å²) in [6, 6.07) is 9.64. The van der Waals surface area contributed by atoms with Crippen molar-refractivity contribution in [1.29, 1.82) is 0 Å². The van der Waals surface area contributed by atoms with E-state index in [1.54, 1.807) is 0 Å². The molecule has 4 heteroatoms. The number of likely N-dealkylation sites (tertiary alicyclic amines) is 1. The molecular weight excluding hydrogens is 228 g/mol. The van der Waals surface area contributed by atoms with Crippen molar-refractivity contribution < 1.29 is 9.59 Å². The molecule has 1 aliphatic heterocycles. The lowest BCUT2D eigenvalue weighted by Crippen LogP contribution is -2.47. The number of nitrogens with one attached hydrogen (secondary N) is 1. The monoisotopic (exact) mass is 246 g/mol. The third-order valence-corrected chi connectivity index (χ3v) is 3.09. The molecule has 1 aliphatic rings. The molecule has 18 heavy (non-hydrogen) atoms. The number of imide groups is 1. The van der Waals surface area contributed by atoms with Crippen LogP contribution < -0.4 is 5.32 Å². The summed E-state index contributed by atoms with van der Waals surface area (Å²) in [5.41, 5.74) is 0.920. The van der Waals surface area contributed by atoms with Gasteiger partial charge in [-0.05, 0) is 18.1 Å². The number of anilines is 1. The number of carbonyl (C=O) groups is 2. The van der Waals surface area contributed by atoms with E-state index in [9.17, 15) is 9.59 Å². The van der Waals surface area contributed by atoms with Crippen molar-refractivity contribution in [3.8, 4) is 0 Å². The Morgan fingerprint density at radius 3 is 2.11 bits per heavy atom. The highest BCUT2D eigenvalue weighted by Crippen LogP contribution is 2.22. The summed E-state index contributed by atoms with van der Waals surface area (Å²) in [5, 5.41) is 3.27. The minimum Gasteiger partial charge on any atom is -0.365 e. The Balaban J connectivity index is 2.19. The highest BCUT2D eigenvalue weighted by Gasteiger charge is 2.36. The third kappa shape index (κ3) is 2.53. The number of hydrogen-bond acceptors (Lipinski definition) is 3. The number of benzene rings is 1. The predicted molar refractivity (Wildman–Crippen MR) is 69.8 cm³/mol. The predicted octanol–water partition coefficient (Wildman–Crippen LogP) is 2.23. The Morgan fingerprint density at radius 1 is 1.06 bits per heavy atom. The summed E-state index contributed by atoms with van der Waals surface area (Å²) in [6.45, 7) is 4.00. The standard InChI is InChI=1S/C14H18N2O2/c1-10(2)14(15-11-6-4-3-5-7-11)16-12(17)8-9-13(16)18/h3-7,10,14-15H,8-9H2,1-2H3/t14-/m0/s1. The molecule has 1 heterocycles. The van der Waals surface area contributed by atoms with Gasteiger partial charge in [0.15, 0.2) is 0 Å². The van der Waals surface area contributed by atoms with Gasteiger partial charge in [0, 0.05) is 18.5 Å². The van der Waals surface area contributed by atoms with Crippen LogP contribution in [0.15, 0.2) is 30.3 Å². The van der Waals surface area contributed by atoms with Gasteiger partial charge in [0.25, 0.3) is 0 Å². The second-order valence-corrected chi connectivity index (χ2v) is 4.86. The van der Waals surface area contributed by atoms with Crippen LogP contribution in [-0.2, 0) is 9.59 Å². The van der Waals surface area contributed by atoms with Gasteiger partial charge in [0.2, 0.25) is 11.8 Å². The minimum absolute atomic E-state index is 0.0814. The summed E-state index contributed by atoms with van der Waals surface area (Å²) in [4.78, 5) is 24.9. The number of amides is 2. The maximum Gasteiger partial charge on any atom is 0.231 e. The van der Waals surface area contributed by atoms with E-state index in [1.807, 2.05) is 44.2 Å². The minimum atomic E-state index is -0.269. The molecule has 0 aliphatic carbocycles. The van der Waals surface area contributed by atoms with E-state index in [0.717, 1.165) is 5.69 Å². The second kappa shape index (κ2) is 5.21. The van der Waals surface area contributed by atoms with Gasteiger partial charge < -0.3 is 5.32 Å². The van der Waals surface area contributed by atoms with Crippen LogP contribution in [-0.4, -0.2) is 22.9 Å². The molecule has 0 radical (unpaired) electrons. The topological polar surface area (TPSA) is 49.4 Å². The summed E-state index contributed by atoms with van der Waals surface area (Å²) in [5.74, 6) is 0.000434. The van der Waals surface area contributed by atoms with E-state index in [0.29, 0.717) is 12.8 Å². The molecule has 2 amide bonds. The first-order valence-corrected chi connectivity index (χ1v) is 6.26. The van der Waals surface area contributed by atoms with Gasteiger partial charge in [-0.3, -0.25) is 14.5 Å². The molecule has 0 bridgehead atoms. The first-order chi connectivity index (χ1) is 8.59. The van der Waals surface area contributed by atoms with Gasteiger partial charge in [0.05, 0.1) is 0 Å². The Kier molecular flexibility index (Phi) is 3.65. The van der Waals surface area contributed by atoms with Crippen molar-refractivity contribution in [3.05, 3.63) is 30.3 Å². The highest BCUT2D eigenvalue weighted by atomic mass is 16.2. The van der Waals surface area contributed by atoms with Gasteiger partial charge in [-0.15, -0.1) is 0 Å². The zero-order chi connectivity index (χ0) is 13.1. The fourth-order valence-electron chi connectivity index (χ4n) is 2.14. The molecule has 96 valence electrons. The van der Waals surface area contributed by atoms with Crippen molar-refractivity contribution in [3.63, 3.8) is 0 Å². The van der Waals surface area contributed by atoms with Gasteiger partial charge in [-0.25, -0.2) is 0 Å². The Labute approximate surface area is 107 Å². The van der Waals surface area contributed by atoms with E-state index in [1.165, 1.54) is 4.90 Å². The lowest BCUT2D eigenvalue weighted by atomic mass is 10.1. The van der Waals surface area contributed by atoms with Gasteiger partial charge >= 0.3 is 0 Å². The first kappa shape index (κ1) is 12.6. The number of rotatable bonds is 4. The van der Waals surface area contributed by atoms with Crippen molar-refractivity contribution in [2.45, 2.75) is 32.9 Å². The third-order valence-electron chi connectivity index (χ3n) is 3.09. The van der Waals surface area contributed by atoms with Crippen LogP contribution in [0.25, 0.3) is 0 Å². The molecule has 1 saturated heterocycles. The fraction of sp³-hybridized carbons (Fsp3) is 0.429. The van der Waals surface area contributed by atoms with Crippen LogP contribution in [0.4, 0.5) is 5.69 Å². The number of nitrogens with zero attached hydrogens (tertiary/aromatic N) is 1. The highest BCUT2D eigenvalue weighted by molar-refractivity contribution is 6.02.